The first-order valence-corrected chi connectivity index (χ1v) is 7.98. The third-order valence-electron chi connectivity index (χ3n) is 3.73. The van der Waals surface area contributed by atoms with Crippen LogP contribution in [0.4, 0.5) is 0 Å². The molecule has 1 aromatic heterocycles. The summed E-state index contributed by atoms with van der Waals surface area (Å²) in [5.74, 6) is 1.02. The highest BCUT2D eigenvalue weighted by Crippen LogP contribution is 2.38. The Labute approximate surface area is 144 Å². The maximum absolute atomic E-state index is 12.4. The van der Waals surface area contributed by atoms with Crippen molar-refractivity contribution in [3.8, 4) is 11.5 Å². The molecule has 1 unspecified atom stereocenters. The molecular formula is C16H19ClN4O3. The Morgan fingerprint density at radius 3 is 2.92 bits per heavy atom. The van der Waals surface area contributed by atoms with E-state index < -0.39 is 6.04 Å². The number of ether oxygens (including phenoxy) is 2. The lowest BCUT2D eigenvalue weighted by atomic mass is 10.1. The minimum Gasteiger partial charge on any atom is -0.486 e. The average molecular weight is 351 g/mol. The molecule has 2 aromatic rings. The summed E-state index contributed by atoms with van der Waals surface area (Å²) in [5, 5.41) is 10.5. The minimum atomic E-state index is -0.466. The van der Waals surface area contributed by atoms with Gasteiger partial charge in [-0.2, -0.15) is 5.10 Å². The van der Waals surface area contributed by atoms with E-state index in [0.717, 1.165) is 11.1 Å². The Hall–Kier alpha value is -2.25. The summed E-state index contributed by atoms with van der Waals surface area (Å²) in [6.07, 6.45) is 3.48. The summed E-state index contributed by atoms with van der Waals surface area (Å²) >= 11 is 6.21. The van der Waals surface area contributed by atoms with Crippen LogP contribution in [0, 0.1) is 0 Å². The Balaban J connectivity index is 1.68. The molecule has 0 fully saturated rings. The average Bonchev–Trinajstić information content (AvgIpc) is 3.00. The number of hydrogen-bond donors (Lipinski definition) is 2. The first-order valence-electron chi connectivity index (χ1n) is 7.60. The van der Waals surface area contributed by atoms with E-state index in [2.05, 4.69) is 15.7 Å². The van der Waals surface area contributed by atoms with Crippen LogP contribution in [0.5, 0.6) is 11.5 Å². The molecule has 1 aliphatic rings. The number of aryl methyl sites for hydroxylation is 1. The molecule has 0 saturated carbocycles. The van der Waals surface area contributed by atoms with Gasteiger partial charge in [-0.1, -0.05) is 11.6 Å². The first kappa shape index (κ1) is 16.6. The van der Waals surface area contributed by atoms with Crippen molar-refractivity contribution < 1.29 is 14.3 Å². The molecule has 0 aliphatic carbocycles. The van der Waals surface area contributed by atoms with Crippen LogP contribution in [0.15, 0.2) is 24.5 Å². The van der Waals surface area contributed by atoms with Gasteiger partial charge >= 0.3 is 0 Å². The molecule has 1 aromatic carbocycles. The Morgan fingerprint density at radius 2 is 2.21 bits per heavy atom. The lowest BCUT2D eigenvalue weighted by Gasteiger charge is -2.20. The van der Waals surface area contributed by atoms with Crippen LogP contribution in [0.2, 0.25) is 5.02 Å². The van der Waals surface area contributed by atoms with Gasteiger partial charge in [-0.3, -0.25) is 9.48 Å². The van der Waals surface area contributed by atoms with Gasteiger partial charge in [0, 0.05) is 25.4 Å². The zero-order chi connectivity index (χ0) is 17.1. The second-order valence-electron chi connectivity index (χ2n) is 5.49. The number of nitrogens with zero attached hydrogens (tertiary/aromatic N) is 2. The van der Waals surface area contributed by atoms with Crippen LogP contribution >= 0.6 is 11.6 Å². The van der Waals surface area contributed by atoms with E-state index in [4.69, 9.17) is 21.1 Å². The summed E-state index contributed by atoms with van der Waals surface area (Å²) < 4.78 is 12.7. The van der Waals surface area contributed by atoms with Crippen molar-refractivity contribution in [3.05, 3.63) is 40.7 Å². The number of nitrogens with one attached hydrogen (secondary N) is 2. The number of likely N-dealkylation sites (N-methyl/N-ethyl adjacent to an activating group) is 1. The van der Waals surface area contributed by atoms with Crippen LogP contribution in [0.25, 0.3) is 0 Å². The van der Waals surface area contributed by atoms with Crippen molar-refractivity contribution in [1.29, 1.82) is 0 Å². The smallest absolute Gasteiger partial charge is 0.242 e. The lowest BCUT2D eigenvalue weighted by Crippen LogP contribution is -2.35. The van der Waals surface area contributed by atoms with Crippen molar-refractivity contribution in [2.24, 2.45) is 7.05 Å². The van der Waals surface area contributed by atoms with Crippen molar-refractivity contribution in [2.45, 2.75) is 12.6 Å². The van der Waals surface area contributed by atoms with Gasteiger partial charge in [-0.15, -0.1) is 0 Å². The van der Waals surface area contributed by atoms with Gasteiger partial charge in [0.25, 0.3) is 0 Å². The van der Waals surface area contributed by atoms with Gasteiger partial charge in [0.1, 0.15) is 19.3 Å². The summed E-state index contributed by atoms with van der Waals surface area (Å²) in [6.45, 7) is 1.31. The zero-order valence-electron chi connectivity index (χ0n) is 13.5. The third kappa shape index (κ3) is 3.47. The van der Waals surface area contributed by atoms with Crippen LogP contribution in [0.3, 0.4) is 0 Å². The predicted molar refractivity (Wildman–Crippen MR) is 89.3 cm³/mol. The summed E-state index contributed by atoms with van der Waals surface area (Å²) in [6, 6.07) is 3.14. The molecule has 0 spiro atoms. The number of aromatic nitrogens is 2. The third-order valence-corrected chi connectivity index (χ3v) is 4.01. The maximum Gasteiger partial charge on any atom is 0.242 e. The number of amides is 1. The lowest BCUT2D eigenvalue weighted by molar-refractivity contribution is -0.123. The number of carbonyl (C=O) groups is 1. The molecule has 8 heteroatoms. The number of benzene rings is 1. The van der Waals surface area contributed by atoms with Crippen LogP contribution in [-0.2, 0) is 18.4 Å². The highest BCUT2D eigenvalue weighted by Gasteiger charge is 2.21. The van der Waals surface area contributed by atoms with Crippen LogP contribution < -0.4 is 20.1 Å². The fourth-order valence-corrected chi connectivity index (χ4v) is 2.88. The van der Waals surface area contributed by atoms with Gasteiger partial charge in [0.2, 0.25) is 5.91 Å². The summed E-state index contributed by atoms with van der Waals surface area (Å²) in [5.41, 5.74) is 1.65. The largest absolute Gasteiger partial charge is 0.486 e. The molecule has 2 heterocycles. The number of rotatable bonds is 5. The number of hydrogen-bond acceptors (Lipinski definition) is 5. The van der Waals surface area contributed by atoms with Gasteiger partial charge in [-0.05, 0) is 24.7 Å². The zero-order valence-corrected chi connectivity index (χ0v) is 14.3. The normalized spacial score (nSPS) is 14.3. The topological polar surface area (TPSA) is 77.4 Å². The predicted octanol–water partition coefficient (Wildman–Crippen LogP) is 1.42. The molecular weight excluding hydrogens is 332 g/mol. The highest BCUT2D eigenvalue weighted by atomic mass is 35.5. The molecule has 24 heavy (non-hydrogen) atoms. The molecule has 1 aliphatic heterocycles. The van der Waals surface area contributed by atoms with Crippen LogP contribution in [0.1, 0.15) is 17.2 Å². The van der Waals surface area contributed by atoms with E-state index in [9.17, 15) is 4.79 Å². The second kappa shape index (κ2) is 7.11. The minimum absolute atomic E-state index is 0.142. The van der Waals surface area contributed by atoms with Crippen molar-refractivity contribution >= 4 is 17.5 Å². The van der Waals surface area contributed by atoms with Crippen molar-refractivity contribution in [2.75, 3.05) is 20.3 Å². The van der Waals surface area contributed by atoms with E-state index in [1.54, 1.807) is 24.0 Å². The first-order chi connectivity index (χ1) is 11.6. The van der Waals surface area contributed by atoms with Gasteiger partial charge in [0.05, 0.1) is 11.2 Å². The molecule has 1 amide bonds. The van der Waals surface area contributed by atoms with Gasteiger partial charge in [0.15, 0.2) is 11.5 Å². The highest BCUT2D eigenvalue weighted by molar-refractivity contribution is 6.32. The molecule has 0 saturated heterocycles. The van der Waals surface area contributed by atoms with Gasteiger partial charge < -0.3 is 20.1 Å². The standard InChI is InChI=1S/C16H19ClN4O3/c1-18-14(11-8-20-21(2)9-11)16(22)19-7-10-5-12(17)15-13(6-10)23-3-4-24-15/h5-6,8-9,14,18H,3-4,7H2,1-2H3,(H,19,22). The molecule has 1 atom stereocenters. The molecule has 3 rings (SSSR count). The fraction of sp³-hybridized carbons (Fsp3) is 0.375. The van der Waals surface area contributed by atoms with E-state index in [0.29, 0.717) is 36.3 Å². The monoisotopic (exact) mass is 350 g/mol. The summed E-state index contributed by atoms with van der Waals surface area (Å²) in [4.78, 5) is 12.4. The molecule has 7 nitrogen and oxygen atoms in total. The Bertz CT molecular complexity index is 747. The van der Waals surface area contributed by atoms with Gasteiger partial charge in [-0.25, -0.2) is 0 Å². The number of halogens is 1. The SMILES string of the molecule is CNC(C(=O)NCc1cc(Cl)c2c(c1)OCCO2)c1cnn(C)c1. The van der Waals surface area contributed by atoms with E-state index in [-0.39, 0.29) is 5.91 Å². The Morgan fingerprint density at radius 1 is 1.42 bits per heavy atom. The molecule has 128 valence electrons. The van der Waals surface area contributed by atoms with Crippen LogP contribution in [-0.4, -0.2) is 35.9 Å². The number of fused-ring (bicyclic) bond motifs is 1. The maximum atomic E-state index is 12.4. The molecule has 0 bridgehead atoms. The Kier molecular flexibility index (Phi) is 4.92. The van der Waals surface area contributed by atoms with E-state index in [1.807, 2.05) is 19.3 Å². The summed E-state index contributed by atoms with van der Waals surface area (Å²) in [7, 11) is 3.55. The van der Waals surface area contributed by atoms with Crippen molar-refractivity contribution in [1.82, 2.24) is 20.4 Å². The van der Waals surface area contributed by atoms with E-state index >= 15 is 0 Å². The molecule has 0 radical (unpaired) electrons. The van der Waals surface area contributed by atoms with E-state index in [1.165, 1.54) is 0 Å². The fourth-order valence-electron chi connectivity index (χ4n) is 2.60. The van der Waals surface area contributed by atoms with Crippen molar-refractivity contribution in [3.63, 3.8) is 0 Å². The molecule has 2 N–H and O–H groups in total. The number of carbonyl (C=O) groups excluding carboxylic acids is 1. The quantitative estimate of drug-likeness (QED) is 0.853. The second-order valence-corrected chi connectivity index (χ2v) is 5.90.